The SMILES string of the molecule is Cc1nc(NCc2c(C)noc2C)sc1C. The number of nitrogens with zero attached hydrogens (tertiary/aromatic N) is 2. The molecular formula is C11H15N3OS. The third-order valence-electron chi connectivity index (χ3n) is 2.63. The van der Waals surface area contributed by atoms with Crippen molar-refractivity contribution in [3.8, 4) is 0 Å². The summed E-state index contributed by atoms with van der Waals surface area (Å²) in [5.74, 6) is 0.870. The molecule has 0 aromatic carbocycles. The molecular weight excluding hydrogens is 222 g/mol. The van der Waals surface area contributed by atoms with Crippen LogP contribution in [0.15, 0.2) is 4.52 Å². The van der Waals surface area contributed by atoms with Crippen LogP contribution in [-0.4, -0.2) is 10.1 Å². The molecule has 0 unspecified atom stereocenters. The van der Waals surface area contributed by atoms with Gasteiger partial charge in [0.05, 0.1) is 11.4 Å². The van der Waals surface area contributed by atoms with Gasteiger partial charge in [-0.1, -0.05) is 5.16 Å². The topological polar surface area (TPSA) is 51.0 Å². The highest BCUT2D eigenvalue weighted by Gasteiger charge is 2.09. The number of aromatic nitrogens is 2. The van der Waals surface area contributed by atoms with Gasteiger partial charge in [0.1, 0.15) is 5.76 Å². The summed E-state index contributed by atoms with van der Waals surface area (Å²) in [5.41, 5.74) is 3.15. The van der Waals surface area contributed by atoms with Gasteiger partial charge in [0.15, 0.2) is 5.13 Å². The highest BCUT2D eigenvalue weighted by molar-refractivity contribution is 7.15. The summed E-state index contributed by atoms with van der Waals surface area (Å²) in [6, 6.07) is 0. The van der Waals surface area contributed by atoms with Gasteiger partial charge in [0, 0.05) is 17.0 Å². The molecule has 5 heteroatoms. The minimum atomic E-state index is 0.716. The first-order valence-electron chi connectivity index (χ1n) is 5.17. The lowest BCUT2D eigenvalue weighted by Gasteiger charge is -2.01. The number of rotatable bonds is 3. The highest BCUT2D eigenvalue weighted by atomic mass is 32.1. The van der Waals surface area contributed by atoms with Crippen molar-refractivity contribution < 1.29 is 4.52 Å². The zero-order valence-corrected chi connectivity index (χ0v) is 10.7. The summed E-state index contributed by atoms with van der Waals surface area (Å²) in [6.45, 7) is 8.69. The molecule has 2 aromatic rings. The first-order chi connectivity index (χ1) is 7.58. The molecule has 0 radical (unpaired) electrons. The zero-order chi connectivity index (χ0) is 11.7. The maximum absolute atomic E-state index is 5.11. The van der Waals surface area contributed by atoms with Gasteiger partial charge >= 0.3 is 0 Å². The van der Waals surface area contributed by atoms with Gasteiger partial charge in [-0.3, -0.25) is 0 Å². The van der Waals surface area contributed by atoms with Crippen LogP contribution >= 0.6 is 11.3 Å². The molecule has 0 spiro atoms. The van der Waals surface area contributed by atoms with Crippen LogP contribution in [0.25, 0.3) is 0 Å². The fraction of sp³-hybridized carbons (Fsp3) is 0.455. The number of thiazole rings is 1. The van der Waals surface area contributed by atoms with Crippen molar-refractivity contribution in [3.63, 3.8) is 0 Å². The van der Waals surface area contributed by atoms with E-state index in [1.54, 1.807) is 11.3 Å². The van der Waals surface area contributed by atoms with Crippen LogP contribution in [0, 0.1) is 27.7 Å². The molecule has 0 amide bonds. The molecule has 0 fully saturated rings. The van der Waals surface area contributed by atoms with Crippen LogP contribution in [0.3, 0.4) is 0 Å². The quantitative estimate of drug-likeness (QED) is 0.891. The smallest absolute Gasteiger partial charge is 0.183 e. The number of aryl methyl sites for hydroxylation is 4. The van der Waals surface area contributed by atoms with Crippen LogP contribution in [0.1, 0.15) is 27.6 Å². The first-order valence-corrected chi connectivity index (χ1v) is 5.99. The average Bonchev–Trinajstić information content (AvgIpc) is 2.70. The van der Waals surface area contributed by atoms with E-state index in [4.69, 9.17) is 4.52 Å². The van der Waals surface area contributed by atoms with E-state index in [0.29, 0.717) is 6.54 Å². The second-order valence-corrected chi connectivity index (χ2v) is 5.02. The Morgan fingerprint density at radius 1 is 1.19 bits per heavy atom. The average molecular weight is 237 g/mol. The highest BCUT2D eigenvalue weighted by Crippen LogP contribution is 2.22. The van der Waals surface area contributed by atoms with Crippen molar-refractivity contribution in [1.29, 1.82) is 0 Å². The number of nitrogens with one attached hydrogen (secondary N) is 1. The monoisotopic (exact) mass is 237 g/mol. The van der Waals surface area contributed by atoms with E-state index in [-0.39, 0.29) is 0 Å². The molecule has 4 nitrogen and oxygen atoms in total. The molecule has 2 aromatic heterocycles. The number of anilines is 1. The first kappa shape index (κ1) is 11.1. The molecule has 0 saturated carbocycles. The van der Waals surface area contributed by atoms with E-state index in [1.807, 2.05) is 20.8 Å². The van der Waals surface area contributed by atoms with Gasteiger partial charge in [-0.25, -0.2) is 4.98 Å². The zero-order valence-electron chi connectivity index (χ0n) is 9.92. The van der Waals surface area contributed by atoms with Crippen molar-refractivity contribution in [2.24, 2.45) is 0 Å². The van der Waals surface area contributed by atoms with Gasteiger partial charge in [-0.05, 0) is 27.7 Å². The summed E-state index contributed by atoms with van der Waals surface area (Å²) in [7, 11) is 0. The van der Waals surface area contributed by atoms with Gasteiger partial charge in [-0.2, -0.15) is 0 Å². The van der Waals surface area contributed by atoms with Crippen molar-refractivity contribution in [3.05, 3.63) is 27.6 Å². The van der Waals surface area contributed by atoms with Crippen molar-refractivity contribution in [1.82, 2.24) is 10.1 Å². The predicted molar refractivity (Wildman–Crippen MR) is 64.9 cm³/mol. The molecule has 0 saturated heterocycles. The Labute approximate surface area is 98.7 Å². The second kappa shape index (κ2) is 4.25. The Morgan fingerprint density at radius 3 is 2.44 bits per heavy atom. The fourth-order valence-corrected chi connectivity index (χ4v) is 2.28. The molecule has 2 rings (SSSR count). The predicted octanol–water partition coefficient (Wildman–Crippen LogP) is 2.98. The Balaban J connectivity index is 2.08. The molecule has 0 atom stereocenters. The molecule has 0 bridgehead atoms. The standard InChI is InChI=1S/C11H15N3OS/c1-6-9(4)16-11(13-6)12-5-10-7(2)14-15-8(10)3/h5H2,1-4H3,(H,12,13). The van der Waals surface area contributed by atoms with E-state index in [0.717, 1.165) is 27.8 Å². The van der Waals surface area contributed by atoms with E-state index < -0.39 is 0 Å². The lowest BCUT2D eigenvalue weighted by Crippen LogP contribution is -2.00. The summed E-state index contributed by atoms with van der Waals surface area (Å²) < 4.78 is 5.11. The van der Waals surface area contributed by atoms with Crippen molar-refractivity contribution >= 4 is 16.5 Å². The summed E-state index contributed by atoms with van der Waals surface area (Å²) in [4.78, 5) is 5.68. The van der Waals surface area contributed by atoms with Crippen LogP contribution < -0.4 is 5.32 Å². The number of hydrogen-bond donors (Lipinski definition) is 1. The molecule has 0 aliphatic carbocycles. The Hall–Kier alpha value is -1.36. The normalized spacial score (nSPS) is 10.8. The van der Waals surface area contributed by atoms with Crippen LogP contribution in [0.2, 0.25) is 0 Å². The van der Waals surface area contributed by atoms with Crippen LogP contribution in [0.5, 0.6) is 0 Å². The summed E-state index contributed by atoms with van der Waals surface area (Å²) >= 11 is 1.67. The lowest BCUT2D eigenvalue weighted by atomic mass is 10.2. The summed E-state index contributed by atoms with van der Waals surface area (Å²) in [6.07, 6.45) is 0. The minimum absolute atomic E-state index is 0.716. The molecule has 16 heavy (non-hydrogen) atoms. The van der Waals surface area contributed by atoms with E-state index in [1.165, 1.54) is 4.88 Å². The van der Waals surface area contributed by atoms with Crippen molar-refractivity contribution in [2.45, 2.75) is 34.2 Å². The third kappa shape index (κ3) is 2.09. The maximum atomic E-state index is 5.11. The van der Waals surface area contributed by atoms with Crippen LogP contribution in [0.4, 0.5) is 5.13 Å². The molecule has 86 valence electrons. The van der Waals surface area contributed by atoms with Crippen LogP contribution in [-0.2, 0) is 6.54 Å². The summed E-state index contributed by atoms with van der Waals surface area (Å²) in [5, 5.41) is 8.17. The Kier molecular flexibility index (Phi) is 2.96. The third-order valence-corrected chi connectivity index (χ3v) is 3.66. The number of hydrogen-bond acceptors (Lipinski definition) is 5. The van der Waals surface area contributed by atoms with Gasteiger partial charge in [-0.15, -0.1) is 11.3 Å². The molecule has 0 aliphatic rings. The maximum Gasteiger partial charge on any atom is 0.183 e. The Morgan fingerprint density at radius 2 is 1.94 bits per heavy atom. The van der Waals surface area contributed by atoms with Crippen molar-refractivity contribution in [2.75, 3.05) is 5.32 Å². The minimum Gasteiger partial charge on any atom is -0.361 e. The molecule has 1 N–H and O–H groups in total. The fourth-order valence-electron chi connectivity index (χ4n) is 1.47. The van der Waals surface area contributed by atoms with Gasteiger partial charge in [0.25, 0.3) is 0 Å². The Bertz CT molecular complexity index is 462. The molecule has 0 aliphatic heterocycles. The molecule has 2 heterocycles. The van der Waals surface area contributed by atoms with Gasteiger partial charge < -0.3 is 9.84 Å². The van der Waals surface area contributed by atoms with E-state index >= 15 is 0 Å². The van der Waals surface area contributed by atoms with E-state index in [2.05, 4.69) is 22.4 Å². The van der Waals surface area contributed by atoms with Gasteiger partial charge in [0.2, 0.25) is 0 Å². The second-order valence-electron chi connectivity index (χ2n) is 3.82. The van der Waals surface area contributed by atoms with E-state index in [9.17, 15) is 0 Å². The lowest BCUT2D eigenvalue weighted by molar-refractivity contribution is 0.392. The largest absolute Gasteiger partial charge is 0.361 e.